The number of hydrogen-bond donors (Lipinski definition) is 1. The number of pyridine rings is 1. The molecule has 0 bridgehead atoms. The first-order valence-electron chi connectivity index (χ1n) is 7.83. The Balaban J connectivity index is 1.75. The van der Waals surface area contributed by atoms with Crippen LogP contribution in [0.3, 0.4) is 0 Å². The Morgan fingerprint density at radius 1 is 1.04 bits per heavy atom. The summed E-state index contributed by atoms with van der Waals surface area (Å²) in [6.45, 7) is 0.615. The van der Waals surface area contributed by atoms with E-state index >= 15 is 0 Å². The van der Waals surface area contributed by atoms with Crippen molar-refractivity contribution in [3.8, 4) is 22.9 Å². The Labute approximate surface area is 144 Å². The quantitative estimate of drug-likeness (QED) is 0.622. The van der Waals surface area contributed by atoms with E-state index in [-0.39, 0.29) is 5.75 Å². The highest BCUT2D eigenvalue weighted by Crippen LogP contribution is 2.26. The molecule has 2 aromatic heterocycles. The van der Waals surface area contributed by atoms with Gasteiger partial charge in [0.1, 0.15) is 17.5 Å². The maximum absolute atomic E-state index is 9.47. The zero-order valence-corrected chi connectivity index (χ0v) is 13.3. The van der Waals surface area contributed by atoms with Crippen LogP contribution in [0.15, 0.2) is 67.1 Å². The minimum absolute atomic E-state index is 0.191. The molecule has 2 aromatic carbocycles. The topological polar surface area (TPSA) is 74.7 Å². The summed E-state index contributed by atoms with van der Waals surface area (Å²) in [5.74, 6) is 0.191. The maximum Gasteiger partial charge on any atom is 0.148 e. The maximum atomic E-state index is 9.47. The summed E-state index contributed by atoms with van der Waals surface area (Å²) in [5.41, 5.74) is 4.94. The number of aromatic nitrogens is 3. The first-order chi connectivity index (χ1) is 12.2. The number of fused-ring (bicyclic) bond motifs is 1. The van der Waals surface area contributed by atoms with Crippen LogP contribution in [0.25, 0.3) is 22.2 Å². The van der Waals surface area contributed by atoms with Crippen LogP contribution in [0.4, 0.5) is 0 Å². The van der Waals surface area contributed by atoms with E-state index in [1.165, 1.54) is 0 Å². The highest BCUT2D eigenvalue weighted by molar-refractivity contribution is 5.75. The molecule has 1 N–H and O–H groups in total. The lowest BCUT2D eigenvalue weighted by Gasteiger charge is -2.09. The highest BCUT2D eigenvalue weighted by atomic mass is 16.3. The Morgan fingerprint density at radius 3 is 2.64 bits per heavy atom. The molecule has 0 aliphatic heterocycles. The zero-order valence-electron chi connectivity index (χ0n) is 13.3. The monoisotopic (exact) mass is 326 g/mol. The summed E-state index contributed by atoms with van der Waals surface area (Å²) in [4.78, 5) is 8.70. The van der Waals surface area contributed by atoms with E-state index in [1.807, 2.05) is 36.7 Å². The minimum atomic E-state index is 0.191. The third kappa shape index (κ3) is 2.81. The number of nitrogens with zero attached hydrogens (tertiary/aromatic N) is 4. The number of nitriles is 1. The molecule has 0 saturated heterocycles. The summed E-state index contributed by atoms with van der Waals surface area (Å²) in [6, 6.07) is 18.8. The van der Waals surface area contributed by atoms with Crippen LogP contribution in [-0.2, 0) is 6.54 Å². The van der Waals surface area contributed by atoms with Gasteiger partial charge < -0.3 is 9.67 Å². The second kappa shape index (κ2) is 6.10. The van der Waals surface area contributed by atoms with Gasteiger partial charge in [0.05, 0.1) is 23.9 Å². The van der Waals surface area contributed by atoms with Crippen LogP contribution < -0.4 is 0 Å². The summed E-state index contributed by atoms with van der Waals surface area (Å²) in [6.07, 6.45) is 3.53. The van der Waals surface area contributed by atoms with E-state index in [0.717, 1.165) is 27.7 Å². The molecule has 4 aromatic rings. The van der Waals surface area contributed by atoms with Gasteiger partial charge in [-0.25, -0.2) is 9.97 Å². The third-order valence-corrected chi connectivity index (χ3v) is 4.11. The standard InChI is InChI=1S/C20H14N4O/c21-10-19-17(15-5-7-16(25)8-6-15)9-14(11-22-19)12-24-13-23-18-3-1-2-4-20(18)24/h1-9,11,13,25H,12H2. The van der Waals surface area contributed by atoms with E-state index in [1.54, 1.807) is 30.5 Å². The second-order valence-corrected chi connectivity index (χ2v) is 5.76. The first-order valence-corrected chi connectivity index (χ1v) is 7.83. The predicted molar refractivity (Wildman–Crippen MR) is 94.9 cm³/mol. The van der Waals surface area contributed by atoms with E-state index in [4.69, 9.17) is 0 Å². The summed E-state index contributed by atoms with van der Waals surface area (Å²) < 4.78 is 2.05. The molecule has 0 spiro atoms. The Hall–Kier alpha value is -3.65. The normalized spacial score (nSPS) is 10.7. The predicted octanol–water partition coefficient (Wildman–Crippen LogP) is 3.72. The minimum Gasteiger partial charge on any atom is -0.508 e. The van der Waals surface area contributed by atoms with Crippen molar-refractivity contribution in [1.82, 2.24) is 14.5 Å². The SMILES string of the molecule is N#Cc1ncc(Cn2cnc3ccccc32)cc1-c1ccc(O)cc1. The number of benzene rings is 2. The molecule has 0 saturated carbocycles. The van der Waals surface area contributed by atoms with Gasteiger partial charge in [-0.15, -0.1) is 0 Å². The van der Waals surface area contributed by atoms with Gasteiger partial charge in [-0.05, 0) is 41.5 Å². The molecular weight excluding hydrogens is 312 g/mol. The van der Waals surface area contributed by atoms with Crippen LogP contribution in [-0.4, -0.2) is 19.6 Å². The Bertz CT molecular complexity index is 1090. The van der Waals surface area contributed by atoms with Crippen molar-refractivity contribution in [2.75, 3.05) is 0 Å². The van der Waals surface area contributed by atoms with Crippen molar-refractivity contribution in [1.29, 1.82) is 5.26 Å². The Kier molecular flexibility index (Phi) is 3.64. The molecule has 2 heterocycles. The van der Waals surface area contributed by atoms with Crippen molar-refractivity contribution in [3.05, 3.63) is 78.4 Å². The molecule has 4 rings (SSSR count). The smallest absolute Gasteiger partial charge is 0.148 e. The van der Waals surface area contributed by atoms with Crippen molar-refractivity contribution in [2.24, 2.45) is 0 Å². The summed E-state index contributed by atoms with van der Waals surface area (Å²) in [5, 5.41) is 18.8. The van der Waals surface area contributed by atoms with Gasteiger partial charge in [0.25, 0.3) is 0 Å². The number of imidazole rings is 1. The zero-order chi connectivity index (χ0) is 17.2. The van der Waals surface area contributed by atoms with Gasteiger partial charge in [0.2, 0.25) is 0 Å². The van der Waals surface area contributed by atoms with Crippen molar-refractivity contribution in [3.63, 3.8) is 0 Å². The van der Waals surface area contributed by atoms with Crippen molar-refractivity contribution < 1.29 is 5.11 Å². The van der Waals surface area contributed by atoms with Gasteiger partial charge in [0.15, 0.2) is 0 Å². The molecule has 0 amide bonds. The third-order valence-electron chi connectivity index (χ3n) is 4.11. The van der Waals surface area contributed by atoms with Gasteiger partial charge in [-0.3, -0.25) is 0 Å². The molecule has 0 radical (unpaired) electrons. The average molecular weight is 326 g/mol. The number of phenolic OH excluding ortho intramolecular Hbond substituents is 1. The fourth-order valence-electron chi connectivity index (χ4n) is 2.88. The molecule has 0 atom stereocenters. The number of hydrogen-bond acceptors (Lipinski definition) is 4. The number of phenols is 1. The van der Waals surface area contributed by atoms with E-state index in [2.05, 4.69) is 20.6 Å². The van der Waals surface area contributed by atoms with Crippen LogP contribution in [0.2, 0.25) is 0 Å². The van der Waals surface area contributed by atoms with Crippen LogP contribution in [0, 0.1) is 11.3 Å². The molecule has 0 fully saturated rings. The van der Waals surface area contributed by atoms with Crippen molar-refractivity contribution in [2.45, 2.75) is 6.54 Å². The van der Waals surface area contributed by atoms with E-state index in [0.29, 0.717) is 12.2 Å². The number of rotatable bonds is 3. The largest absolute Gasteiger partial charge is 0.508 e. The van der Waals surface area contributed by atoms with E-state index in [9.17, 15) is 10.4 Å². The second-order valence-electron chi connectivity index (χ2n) is 5.76. The molecule has 5 nitrogen and oxygen atoms in total. The fraction of sp³-hybridized carbons (Fsp3) is 0.0500. The van der Waals surface area contributed by atoms with Gasteiger partial charge in [-0.1, -0.05) is 24.3 Å². The summed E-state index contributed by atoms with van der Waals surface area (Å²) in [7, 11) is 0. The van der Waals surface area contributed by atoms with Crippen LogP contribution >= 0.6 is 0 Å². The lowest BCUT2D eigenvalue weighted by atomic mass is 10.0. The van der Waals surface area contributed by atoms with Crippen LogP contribution in [0.1, 0.15) is 11.3 Å². The molecule has 120 valence electrons. The lowest BCUT2D eigenvalue weighted by Crippen LogP contribution is -2.00. The van der Waals surface area contributed by atoms with Gasteiger partial charge in [-0.2, -0.15) is 5.26 Å². The summed E-state index contributed by atoms with van der Waals surface area (Å²) >= 11 is 0. The number of aromatic hydroxyl groups is 1. The Morgan fingerprint density at radius 2 is 1.84 bits per heavy atom. The van der Waals surface area contributed by atoms with E-state index < -0.39 is 0 Å². The molecule has 25 heavy (non-hydrogen) atoms. The van der Waals surface area contributed by atoms with Crippen molar-refractivity contribution >= 4 is 11.0 Å². The molecule has 0 aliphatic rings. The molecule has 0 aliphatic carbocycles. The first kappa shape index (κ1) is 14.9. The number of para-hydroxylation sites is 2. The average Bonchev–Trinajstić information content (AvgIpc) is 3.05. The van der Waals surface area contributed by atoms with Gasteiger partial charge in [0, 0.05) is 11.8 Å². The highest BCUT2D eigenvalue weighted by Gasteiger charge is 2.09. The fourth-order valence-corrected chi connectivity index (χ4v) is 2.88. The lowest BCUT2D eigenvalue weighted by molar-refractivity contribution is 0.475. The van der Waals surface area contributed by atoms with Gasteiger partial charge >= 0.3 is 0 Å². The van der Waals surface area contributed by atoms with Crippen LogP contribution in [0.5, 0.6) is 5.75 Å². The molecule has 5 heteroatoms. The molecule has 0 unspecified atom stereocenters. The molecular formula is C20H14N4O.